The van der Waals surface area contributed by atoms with Crippen molar-refractivity contribution in [3.63, 3.8) is 0 Å². The molecule has 83 valence electrons. The van der Waals surface area contributed by atoms with Crippen LogP contribution in [0, 0.1) is 12.2 Å². The van der Waals surface area contributed by atoms with E-state index in [4.69, 9.17) is 0 Å². The maximum Gasteiger partial charge on any atom is 0.123 e. The highest BCUT2D eigenvalue weighted by Gasteiger charge is 1.95. The molecule has 0 amide bonds. The molecule has 0 aromatic heterocycles. The van der Waals surface area contributed by atoms with E-state index in [-0.39, 0.29) is 5.82 Å². The average molecular weight is 207 g/mol. The van der Waals surface area contributed by atoms with Gasteiger partial charge in [-0.1, -0.05) is 44.7 Å². The van der Waals surface area contributed by atoms with Gasteiger partial charge in [-0.05, 0) is 37.0 Å². The predicted octanol–water partition coefficient (Wildman–Crippen LogP) is 4.54. The Kier molecular flexibility index (Phi) is 6.06. The van der Waals surface area contributed by atoms with Gasteiger partial charge < -0.3 is 0 Å². The summed E-state index contributed by atoms with van der Waals surface area (Å²) in [4.78, 5) is 0. The van der Waals surface area contributed by atoms with Gasteiger partial charge in [0, 0.05) is 0 Å². The molecule has 0 bridgehead atoms. The molecule has 0 spiro atoms. The summed E-state index contributed by atoms with van der Waals surface area (Å²) in [5, 5.41) is 0. The number of unbranched alkanes of at least 4 members (excludes halogenated alkanes) is 5. The Morgan fingerprint density at radius 3 is 2.80 bits per heavy atom. The number of halogens is 1. The molecule has 1 rings (SSSR count). The van der Waals surface area contributed by atoms with E-state index >= 15 is 0 Å². The minimum atomic E-state index is -0.133. The summed E-state index contributed by atoms with van der Waals surface area (Å²) in [7, 11) is 0. The van der Waals surface area contributed by atoms with Gasteiger partial charge in [-0.15, -0.1) is 0 Å². The van der Waals surface area contributed by atoms with Crippen molar-refractivity contribution < 1.29 is 4.39 Å². The summed E-state index contributed by atoms with van der Waals surface area (Å²) in [5.74, 6) is -0.133. The van der Waals surface area contributed by atoms with Crippen molar-refractivity contribution in [1.29, 1.82) is 0 Å². The van der Waals surface area contributed by atoms with Gasteiger partial charge in [0.15, 0.2) is 0 Å². The minimum Gasteiger partial charge on any atom is -0.207 e. The van der Waals surface area contributed by atoms with E-state index in [0.717, 1.165) is 18.4 Å². The second kappa shape index (κ2) is 7.44. The largest absolute Gasteiger partial charge is 0.207 e. The lowest BCUT2D eigenvalue weighted by Crippen LogP contribution is -1.88. The van der Waals surface area contributed by atoms with E-state index in [2.05, 4.69) is 13.3 Å². The van der Waals surface area contributed by atoms with Crippen LogP contribution >= 0.6 is 0 Å². The van der Waals surface area contributed by atoms with Gasteiger partial charge in [0.05, 0.1) is 0 Å². The first-order valence-corrected chi connectivity index (χ1v) is 5.89. The van der Waals surface area contributed by atoms with Crippen molar-refractivity contribution in [3.05, 3.63) is 42.1 Å². The summed E-state index contributed by atoms with van der Waals surface area (Å²) in [6.07, 6.45) is 9.49. The van der Waals surface area contributed by atoms with Crippen LogP contribution in [0.3, 0.4) is 0 Å². The Labute approximate surface area is 92.5 Å². The fraction of sp³-hybridized carbons (Fsp3) is 0.500. The van der Waals surface area contributed by atoms with Crippen molar-refractivity contribution in [1.82, 2.24) is 0 Å². The van der Waals surface area contributed by atoms with E-state index in [1.54, 1.807) is 12.1 Å². The molecule has 0 atom stereocenters. The zero-order chi connectivity index (χ0) is 10.9. The first-order chi connectivity index (χ1) is 7.33. The molecule has 0 aliphatic heterocycles. The molecule has 15 heavy (non-hydrogen) atoms. The molecule has 0 nitrogen and oxygen atoms in total. The maximum atomic E-state index is 12.8. The first kappa shape index (κ1) is 12.2. The molecule has 0 N–H and O–H groups in total. The van der Waals surface area contributed by atoms with E-state index in [1.807, 2.05) is 6.07 Å². The summed E-state index contributed by atoms with van der Waals surface area (Å²) >= 11 is 0. The van der Waals surface area contributed by atoms with Gasteiger partial charge in [0.1, 0.15) is 5.82 Å². The Morgan fingerprint density at radius 2 is 2.07 bits per heavy atom. The molecule has 0 unspecified atom stereocenters. The first-order valence-electron chi connectivity index (χ1n) is 5.89. The number of hydrogen-bond donors (Lipinski definition) is 0. The predicted molar refractivity (Wildman–Crippen MR) is 63.2 cm³/mol. The topological polar surface area (TPSA) is 0 Å². The normalized spacial score (nSPS) is 10.5. The SMILES string of the molecule is CCCCCC[CH]Cc1cccc(F)c1. The fourth-order valence-corrected chi connectivity index (χ4v) is 1.65. The van der Waals surface area contributed by atoms with Crippen LogP contribution in [0.1, 0.15) is 44.6 Å². The number of hydrogen-bond acceptors (Lipinski definition) is 0. The third kappa shape index (κ3) is 5.56. The molecule has 0 heterocycles. The Morgan fingerprint density at radius 1 is 1.20 bits per heavy atom. The molecular formula is C14H20F. The lowest BCUT2D eigenvalue weighted by atomic mass is 10.1. The summed E-state index contributed by atoms with van der Waals surface area (Å²) in [6, 6.07) is 6.86. The van der Waals surface area contributed by atoms with Gasteiger partial charge >= 0.3 is 0 Å². The van der Waals surface area contributed by atoms with Crippen LogP contribution in [0.5, 0.6) is 0 Å². The van der Waals surface area contributed by atoms with Gasteiger partial charge in [-0.2, -0.15) is 0 Å². The number of rotatable bonds is 7. The van der Waals surface area contributed by atoms with Gasteiger partial charge in [-0.25, -0.2) is 4.39 Å². The van der Waals surface area contributed by atoms with Crippen LogP contribution in [0.2, 0.25) is 0 Å². The van der Waals surface area contributed by atoms with E-state index in [0.29, 0.717) is 0 Å². The molecular weight excluding hydrogens is 187 g/mol. The van der Waals surface area contributed by atoms with Crippen LogP contribution < -0.4 is 0 Å². The quantitative estimate of drug-likeness (QED) is 0.576. The van der Waals surface area contributed by atoms with E-state index in [1.165, 1.54) is 31.7 Å². The molecule has 1 heteroatoms. The molecule has 0 saturated heterocycles. The highest BCUT2D eigenvalue weighted by Crippen LogP contribution is 2.10. The zero-order valence-corrected chi connectivity index (χ0v) is 9.51. The number of benzene rings is 1. The smallest absolute Gasteiger partial charge is 0.123 e. The van der Waals surface area contributed by atoms with Crippen molar-refractivity contribution >= 4 is 0 Å². The van der Waals surface area contributed by atoms with Crippen LogP contribution in [0.4, 0.5) is 4.39 Å². The van der Waals surface area contributed by atoms with Gasteiger partial charge in [-0.3, -0.25) is 0 Å². The second-order valence-electron chi connectivity index (χ2n) is 3.97. The lowest BCUT2D eigenvalue weighted by molar-refractivity contribution is 0.625. The van der Waals surface area contributed by atoms with Gasteiger partial charge in [0.2, 0.25) is 0 Å². The zero-order valence-electron chi connectivity index (χ0n) is 9.51. The van der Waals surface area contributed by atoms with Crippen molar-refractivity contribution in [3.8, 4) is 0 Å². The average Bonchev–Trinajstić information content (AvgIpc) is 2.23. The van der Waals surface area contributed by atoms with Crippen LogP contribution in [-0.4, -0.2) is 0 Å². The Balaban J connectivity index is 2.10. The maximum absolute atomic E-state index is 12.8. The van der Waals surface area contributed by atoms with Crippen molar-refractivity contribution in [2.45, 2.75) is 45.4 Å². The third-order valence-corrected chi connectivity index (χ3v) is 2.53. The highest BCUT2D eigenvalue weighted by molar-refractivity contribution is 5.17. The van der Waals surface area contributed by atoms with Crippen LogP contribution in [-0.2, 0) is 6.42 Å². The van der Waals surface area contributed by atoms with Crippen LogP contribution in [0.25, 0.3) is 0 Å². The molecule has 0 fully saturated rings. The van der Waals surface area contributed by atoms with E-state index < -0.39 is 0 Å². The molecule has 0 aliphatic carbocycles. The summed E-state index contributed by atoms with van der Waals surface area (Å²) in [5.41, 5.74) is 1.07. The van der Waals surface area contributed by atoms with Crippen LogP contribution in [0.15, 0.2) is 24.3 Å². The molecule has 1 aromatic carbocycles. The lowest BCUT2D eigenvalue weighted by Gasteiger charge is -2.01. The van der Waals surface area contributed by atoms with E-state index in [9.17, 15) is 4.39 Å². The highest BCUT2D eigenvalue weighted by atomic mass is 19.1. The van der Waals surface area contributed by atoms with Crippen molar-refractivity contribution in [2.24, 2.45) is 0 Å². The summed E-state index contributed by atoms with van der Waals surface area (Å²) in [6.45, 7) is 2.22. The fourth-order valence-electron chi connectivity index (χ4n) is 1.65. The molecule has 1 aromatic rings. The molecule has 1 radical (unpaired) electrons. The minimum absolute atomic E-state index is 0.133. The third-order valence-electron chi connectivity index (χ3n) is 2.53. The Hall–Kier alpha value is -0.850. The Bertz CT molecular complexity index is 268. The molecule has 0 aliphatic rings. The van der Waals surface area contributed by atoms with Gasteiger partial charge in [0.25, 0.3) is 0 Å². The van der Waals surface area contributed by atoms with Crippen molar-refractivity contribution in [2.75, 3.05) is 0 Å². The molecule has 0 saturated carbocycles. The summed E-state index contributed by atoms with van der Waals surface area (Å²) < 4.78 is 12.8. The standard InChI is InChI=1S/C14H20F/c1-2-3-4-5-6-7-9-13-10-8-11-14(15)12-13/h7-8,10-12H,2-6,9H2,1H3. The second-order valence-corrected chi connectivity index (χ2v) is 3.97. The monoisotopic (exact) mass is 207 g/mol.